The lowest BCUT2D eigenvalue weighted by atomic mass is 9.90. The Morgan fingerprint density at radius 3 is 2.57 bits per heavy atom. The molecule has 3 rings (SSSR count). The summed E-state index contributed by atoms with van der Waals surface area (Å²) in [5, 5.41) is 9.24. The molecule has 5 N–H and O–H groups in total. The molecule has 3 nitrogen and oxygen atoms in total. The van der Waals surface area contributed by atoms with E-state index in [-0.39, 0.29) is 12.0 Å². The minimum absolute atomic E-state index is 0.142. The van der Waals surface area contributed by atoms with Crippen LogP contribution in [0.15, 0.2) is 42.5 Å². The summed E-state index contributed by atoms with van der Waals surface area (Å²) in [6.45, 7) is 0.847. The number of nitrogen functional groups attached to an aromatic ring is 1. The van der Waals surface area contributed by atoms with E-state index in [4.69, 9.17) is 11.5 Å². The van der Waals surface area contributed by atoms with Gasteiger partial charge < -0.3 is 16.6 Å². The van der Waals surface area contributed by atoms with Crippen LogP contribution in [0.2, 0.25) is 0 Å². The van der Waals surface area contributed by atoms with Gasteiger partial charge >= 0.3 is 0 Å². The molecule has 0 bridgehead atoms. The fraction of sp³-hybridized carbons (Fsp3) is 0.333. The molecule has 0 spiro atoms. The van der Waals surface area contributed by atoms with Gasteiger partial charge in [-0.15, -0.1) is 0 Å². The minimum atomic E-state index is 0.142. The third-order valence-electron chi connectivity index (χ3n) is 4.55. The van der Waals surface area contributed by atoms with Crippen LogP contribution in [0.5, 0.6) is 0 Å². The number of aliphatic hydroxyl groups excluding tert-OH is 1. The Labute approximate surface area is 125 Å². The van der Waals surface area contributed by atoms with Gasteiger partial charge in [-0.05, 0) is 53.6 Å². The van der Waals surface area contributed by atoms with E-state index >= 15 is 0 Å². The molecule has 0 unspecified atom stereocenters. The highest BCUT2D eigenvalue weighted by molar-refractivity contribution is 5.72. The van der Waals surface area contributed by atoms with Crippen LogP contribution in [0.4, 0.5) is 5.69 Å². The van der Waals surface area contributed by atoms with Gasteiger partial charge in [0, 0.05) is 24.3 Å². The molecule has 1 aliphatic rings. The number of benzene rings is 2. The van der Waals surface area contributed by atoms with Crippen molar-refractivity contribution < 1.29 is 5.11 Å². The van der Waals surface area contributed by atoms with Gasteiger partial charge in [0.05, 0.1) is 0 Å². The van der Waals surface area contributed by atoms with E-state index in [0.29, 0.717) is 13.0 Å². The topological polar surface area (TPSA) is 72.3 Å². The summed E-state index contributed by atoms with van der Waals surface area (Å²) >= 11 is 0. The predicted molar refractivity (Wildman–Crippen MR) is 87.0 cm³/mol. The van der Waals surface area contributed by atoms with Crippen LogP contribution in [-0.2, 0) is 11.8 Å². The van der Waals surface area contributed by atoms with Gasteiger partial charge in [0.1, 0.15) is 0 Å². The van der Waals surface area contributed by atoms with Crippen molar-refractivity contribution >= 4 is 5.69 Å². The van der Waals surface area contributed by atoms with Crippen molar-refractivity contribution in [2.75, 3.05) is 18.9 Å². The minimum Gasteiger partial charge on any atom is -0.399 e. The lowest BCUT2D eigenvalue weighted by Crippen LogP contribution is -2.19. The van der Waals surface area contributed by atoms with Gasteiger partial charge in [-0.25, -0.2) is 0 Å². The largest absolute Gasteiger partial charge is 0.399 e. The first-order valence-corrected chi connectivity index (χ1v) is 7.49. The first-order valence-electron chi connectivity index (χ1n) is 7.49. The monoisotopic (exact) mass is 282 g/mol. The summed E-state index contributed by atoms with van der Waals surface area (Å²) in [6.07, 6.45) is 2.99. The van der Waals surface area contributed by atoms with Crippen molar-refractivity contribution in [3.05, 3.63) is 53.6 Å². The summed E-state index contributed by atoms with van der Waals surface area (Å²) < 4.78 is 0. The van der Waals surface area contributed by atoms with Crippen molar-refractivity contribution in [1.82, 2.24) is 0 Å². The van der Waals surface area contributed by atoms with E-state index in [2.05, 4.69) is 24.3 Å². The first kappa shape index (κ1) is 14.1. The van der Waals surface area contributed by atoms with E-state index in [1.807, 2.05) is 18.2 Å². The van der Waals surface area contributed by atoms with Gasteiger partial charge in [-0.2, -0.15) is 0 Å². The van der Waals surface area contributed by atoms with E-state index in [0.717, 1.165) is 22.4 Å². The lowest BCUT2D eigenvalue weighted by Gasteiger charge is -2.16. The fourth-order valence-electron chi connectivity index (χ4n) is 2.98. The van der Waals surface area contributed by atoms with Crippen molar-refractivity contribution in [3.8, 4) is 11.1 Å². The van der Waals surface area contributed by atoms with Crippen LogP contribution in [0.3, 0.4) is 0 Å². The maximum Gasteiger partial charge on any atom is 0.0471 e. The first-order chi connectivity index (χ1) is 10.2. The van der Waals surface area contributed by atoms with Crippen molar-refractivity contribution in [2.24, 2.45) is 5.73 Å². The van der Waals surface area contributed by atoms with Gasteiger partial charge in [0.2, 0.25) is 0 Å². The Kier molecular flexibility index (Phi) is 3.70. The SMILES string of the molecule is NCC1(c2cccc(-c3cc(N)ccc3CCO)c2)CC1. The highest BCUT2D eigenvalue weighted by Crippen LogP contribution is 2.48. The van der Waals surface area contributed by atoms with E-state index < -0.39 is 0 Å². The molecule has 21 heavy (non-hydrogen) atoms. The smallest absolute Gasteiger partial charge is 0.0471 e. The number of anilines is 1. The molecule has 0 aliphatic heterocycles. The molecule has 0 heterocycles. The number of rotatable bonds is 5. The molecule has 1 fully saturated rings. The maximum absolute atomic E-state index is 9.24. The molecule has 2 aromatic rings. The zero-order chi connectivity index (χ0) is 14.9. The average molecular weight is 282 g/mol. The molecule has 0 aromatic heterocycles. The molecular formula is C18H22N2O. The number of hydrogen-bond acceptors (Lipinski definition) is 3. The standard InChI is InChI=1S/C18H22N2O/c19-12-18(7-8-18)15-3-1-2-14(10-15)17-11-16(20)5-4-13(17)6-9-21/h1-5,10-11,21H,6-9,12,19-20H2. The molecule has 0 amide bonds. The van der Waals surface area contributed by atoms with E-state index in [1.165, 1.54) is 18.4 Å². The third-order valence-corrected chi connectivity index (χ3v) is 4.55. The molecule has 3 heteroatoms. The molecule has 0 saturated heterocycles. The Bertz CT molecular complexity index is 647. The Morgan fingerprint density at radius 2 is 1.90 bits per heavy atom. The lowest BCUT2D eigenvalue weighted by molar-refractivity contribution is 0.300. The van der Waals surface area contributed by atoms with Gasteiger partial charge in [0.15, 0.2) is 0 Å². The molecule has 0 atom stereocenters. The second-order valence-electron chi connectivity index (χ2n) is 5.96. The normalized spacial score (nSPS) is 15.9. The number of aliphatic hydroxyl groups is 1. The summed E-state index contributed by atoms with van der Waals surface area (Å²) in [7, 11) is 0. The van der Waals surface area contributed by atoms with Crippen LogP contribution < -0.4 is 11.5 Å². The predicted octanol–water partition coefficient (Wildman–Crippen LogP) is 2.46. The van der Waals surface area contributed by atoms with Gasteiger partial charge in [-0.3, -0.25) is 0 Å². The Hall–Kier alpha value is -1.84. The van der Waals surface area contributed by atoms with Crippen LogP contribution in [0.1, 0.15) is 24.0 Å². The second-order valence-corrected chi connectivity index (χ2v) is 5.96. The van der Waals surface area contributed by atoms with Gasteiger partial charge in [0.25, 0.3) is 0 Å². The van der Waals surface area contributed by atoms with Crippen LogP contribution in [0.25, 0.3) is 11.1 Å². The summed E-state index contributed by atoms with van der Waals surface area (Å²) in [5.74, 6) is 0. The molecule has 2 aromatic carbocycles. The Balaban J connectivity index is 2.04. The zero-order valence-electron chi connectivity index (χ0n) is 12.2. The van der Waals surface area contributed by atoms with Crippen molar-refractivity contribution in [3.63, 3.8) is 0 Å². The van der Waals surface area contributed by atoms with E-state index in [9.17, 15) is 5.11 Å². The molecule has 1 saturated carbocycles. The Morgan fingerprint density at radius 1 is 1.10 bits per heavy atom. The van der Waals surface area contributed by atoms with Crippen molar-refractivity contribution in [2.45, 2.75) is 24.7 Å². The quantitative estimate of drug-likeness (QED) is 0.738. The third kappa shape index (κ3) is 2.67. The average Bonchev–Trinajstić information content (AvgIpc) is 3.31. The number of nitrogens with two attached hydrogens (primary N) is 2. The molecule has 0 radical (unpaired) electrons. The molecule has 1 aliphatic carbocycles. The van der Waals surface area contributed by atoms with Gasteiger partial charge in [-0.1, -0.05) is 30.3 Å². The van der Waals surface area contributed by atoms with Crippen molar-refractivity contribution in [1.29, 1.82) is 0 Å². The number of hydrogen-bond donors (Lipinski definition) is 3. The fourth-order valence-corrected chi connectivity index (χ4v) is 2.98. The highest BCUT2D eigenvalue weighted by atomic mass is 16.2. The zero-order valence-corrected chi connectivity index (χ0v) is 12.2. The summed E-state index contributed by atoms with van der Waals surface area (Å²) in [4.78, 5) is 0. The molecule has 110 valence electrons. The second kappa shape index (κ2) is 5.51. The van der Waals surface area contributed by atoms with E-state index in [1.54, 1.807) is 0 Å². The van der Waals surface area contributed by atoms with Crippen LogP contribution in [-0.4, -0.2) is 18.3 Å². The molecular weight excluding hydrogens is 260 g/mol. The van der Waals surface area contributed by atoms with Crippen LogP contribution >= 0.6 is 0 Å². The summed E-state index contributed by atoms with van der Waals surface area (Å²) in [6, 6.07) is 14.5. The van der Waals surface area contributed by atoms with Crippen LogP contribution in [0, 0.1) is 0 Å². The highest BCUT2D eigenvalue weighted by Gasteiger charge is 2.42. The summed E-state index contributed by atoms with van der Waals surface area (Å²) in [5.41, 5.74) is 17.5. The maximum atomic E-state index is 9.24.